The summed E-state index contributed by atoms with van der Waals surface area (Å²) in [7, 11) is 0. The Labute approximate surface area is 172 Å². The molecule has 0 aliphatic heterocycles. The fourth-order valence-corrected chi connectivity index (χ4v) is 3.90. The van der Waals surface area contributed by atoms with Crippen LogP contribution in [0, 0.1) is 11.3 Å². The molecule has 3 rings (SSSR count). The van der Waals surface area contributed by atoms with Crippen molar-refractivity contribution in [1.82, 2.24) is 5.32 Å². The molecular formula is C24H28N2O3. The van der Waals surface area contributed by atoms with Gasteiger partial charge in [0.15, 0.2) is 0 Å². The average molecular weight is 392 g/mol. The van der Waals surface area contributed by atoms with Gasteiger partial charge in [-0.25, -0.2) is 4.79 Å². The second-order valence-electron chi connectivity index (χ2n) is 7.49. The Morgan fingerprint density at radius 2 is 1.83 bits per heavy atom. The Morgan fingerprint density at radius 3 is 2.52 bits per heavy atom. The standard InChI is InChI=1S/C24H28N2O3/c1-2-28-23(27)29-24(14-6-3-7-15-24)18-26-17-19-10-12-20(13-11-19)22-9-5-4-8-21(22)16-25/h4-5,8-13,26H,2-3,6-7,14-15,17-18H2,1H3. The van der Waals surface area contributed by atoms with Crippen molar-refractivity contribution in [3.8, 4) is 17.2 Å². The van der Waals surface area contributed by atoms with Crippen molar-refractivity contribution >= 4 is 6.16 Å². The number of ether oxygens (including phenoxy) is 2. The molecule has 1 fully saturated rings. The molecule has 1 N–H and O–H groups in total. The molecule has 2 aromatic rings. The van der Waals surface area contributed by atoms with Crippen LogP contribution in [-0.4, -0.2) is 24.9 Å². The molecule has 0 bridgehead atoms. The number of nitrogens with zero attached hydrogens (tertiary/aromatic N) is 1. The number of carbonyl (C=O) groups excluding carboxylic acids is 1. The lowest BCUT2D eigenvalue weighted by atomic mass is 9.84. The second-order valence-corrected chi connectivity index (χ2v) is 7.49. The van der Waals surface area contributed by atoms with Crippen molar-refractivity contribution in [3.05, 3.63) is 59.7 Å². The Bertz CT molecular complexity index is 849. The smallest absolute Gasteiger partial charge is 0.435 e. The van der Waals surface area contributed by atoms with E-state index in [0.29, 0.717) is 25.3 Å². The molecule has 0 amide bonds. The summed E-state index contributed by atoms with van der Waals surface area (Å²) in [5.74, 6) is 0. The summed E-state index contributed by atoms with van der Waals surface area (Å²) in [6.45, 7) is 3.41. The third-order valence-corrected chi connectivity index (χ3v) is 5.42. The third kappa shape index (κ3) is 5.58. The van der Waals surface area contributed by atoms with Crippen molar-refractivity contribution in [3.63, 3.8) is 0 Å². The van der Waals surface area contributed by atoms with Gasteiger partial charge in [0.2, 0.25) is 0 Å². The molecule has 2 aromatic carbocycles. The Kier molecular flexibility index (Phi) is 7.26. The lowest BCUT2D eigenvalue weighted by molar-refractivity contribution is -0.0526. The highest BCUT2D eigenvalue weighted by Crippen LogP contribution is 2.32. The maximum atomic E-state index is 11.9. The van der Waals surface area contributed by atoms with E-state index in [1.54, 1.807) is 6.92 Å². The molecule has 1 aliphatic carbocycles. The molecule has 0 saturated heterocycles. The number of carbonyl (C=O) groups is 1. The van der Waals surface area contributed by atoms with Gasteiger partial charge < -0.3 is 14.8 Å². The van der Waals surface area contributed by atoms with Crippen LogP contribution in [0.4, 0.5) is 4.79 Å². The van der Waals surface area contributed by atoms with Gasteiger partial charge in [-0.3, -0.25) is 0 Å². The molecular weight excluding hydrogens is 364 g/mol. The summed E-state index contributed by atoms with van der Waals surface area (Å²) >= 11 is 0. The minimum Gasteiger partial charge on any atom is -0.435 e. The zero-order valence-corrected chi connectivity index (χ0v) is 16.9. The van der Waals surface area contributed by atoms with E-state index in [0.717, 1.165) is 42.4 Å². The lowest BCUT2D eigenvalue weighted by Gasteiger charge is -2.36. The number of hydrogen-bond acceptors (Lipinski definition) is 5. The van der Waals surface area contributed by atoms with E-state index in [-0.39, 0.29) is 0 Å². The van der Waals surface area contributed by atoms with Crippen LogP contribution in [0.25, 0.3) is 11.1 Å². The summed E-state index contributed by atoms with van der Waals surface area (Å²) in [4.78, 5) is 11.9. The SMILES string of the molecule is CCOC(=O)OC1(CNCc2ccc(-c3ccccc3C#N)cc2)CCCCC1. The topological polar surface area (TPSA) is 71.3 Å². The highest BCUT2D eigenvalue weighted by molar-refractivity contribution is 5.70. The first-order valence-corrected chi connectivity index (χ1v) is 10.3. The van der Waals surface area contributed by atoms with Crippen molar-refractivity contribution in [2.75, 3.05) is 13.2 Å². The molecule has 1 aliphatic rings. The van der Waals surface area contributed by atoms with Crippen LogP contribution in [0.5, 0.6) is 0 Å². The third-order valence-electron chi connectivity index (χ3n) is 5.42. The number of nitrogens with one attached hydrogen (secondary N) is 1. The van der Waals surface area contributed by atoms with Crippen LogP contribution < -0.4 is 5.32 Å². The van der Waals surface area contributed by atoms with E-state index in [4.69, 9.17) is 9.47 Å². The van der Waals surface area contributed by atoms with Crippen LogP contribution in [0.2, 0.25) is 0 Å². The minimum atomic E-state index is -0.572. The Balaban J connectivity index is 1.60. The summed E-state index contributed by atoms with van der Waals surface area (Å²) in [5.41, 5.74) is 3.31. The molecule has 152 valence electrons. The molecule has 0 radical (unpaired) electrons. The van der Waals surface area contributed by atoms with Crippen molar-refractivity contribution in [1.29, 1.82) is 5.26 Å². The van der Waals surface area contributed by atoms with Crippen LogP contribution in [-0.2, 0) is 16.0 Å². The van der Waals surface area contributed by atoms with E-state index in [1.165, 1.54) is 6.42 Å². The van der Waals surface area contributed by atoms with Gasteiger partial charge in [0, 0.05) is 13.1 Å². The van der Waals surface area contributed by atoms with Crippen molar-refractivity contribution < 1.29 is 14.3 Å². The minimum absolute atomic E-state index is 0.323. The summed E-state index contributed by atoms with van der Waals surface area (Å²) in [5, 5.41) is 12.7. The van der Waals surface area contributed by atoms with E-state index < -0.39 is 11.8 Å². The molecule has 0 heterocycles. The highest BCUT2D eigenvalue weighted by Gasteiger charge is 2.36. The molecule has 0 aromatic heterocycles. The second kappa shape index (κ2) is 10.1. The van der Waals surface area contributed by atoms with Crippen molar-refractivity contribution in [2.24, 2.45) is 0 Å². The Morgan fingerprint density at radius 1 is 1.10 bits per heavy atom. The van der Waals surface area contributed by atoms with Crippen LogP contribution in [0.1, 0.15) is 50.2 Å². The van der Waals surface area contributed by atoms with Crippen LogP contribution >= 0.6 is 0 Å². The molecule has 0 unspecified atom stereocenters. The molecule has 29 heavy (non-hydrogen) atoms. The predicted octanol–water partition coefficient (Wildman–Crippen LogP) is 5.19. The molecule has 5 nitrogen and oxygen atoms in total. The normalized spacial score (nSPS) is 15.3. The number of rotatable bonds is 7. The molecule has 0 atom stereocenters. The first kappa shape index (κ1) is 20.9. The van der Waals surface area contributed by atoms with Gasteiger partial charge in [-0.15, -0.1) is 0 Å². The molecule has 5 heteroatoms. The number of benzene rings is 2. The van der Waals surface area contributed by atoms with E-state index in [9.17, 15) is 10.1 Å². The highest BCUT2D eigenvalue weighted by atomic mass is 16.7. The fraction of sp³-hybridized carbons (Fsp3) is 0.417. The fourth-order valence-electron chi connectivity index (χ4n) is 3.90. The summed E-state index contributed by atoms with van der Waals surface area (Å²) in [6.07, 6.45) is 4.46. The predicted molar refractivity (Wildman–Crippen MR) is 112 cm³/mol. The molecule has 1 saturated carbocycles. The quantitative estimate of drug-likeness (QED) is 0.657. The maximum Gasteiger partial charge on any atom is 0.508 e. The first-order valence-electron chi connectivity index (χ1n) is 10.3. The lowest BCUT2D eigenvalue weighted by Crippen LogP contribution is -2.46. The Hall–Kier alpha value is -2.84. The van der Waals surface area contributed by atoms with Crippen LogP contribution in [0.3, 0.4) is 0 Å². The number of nitriles is 1. The average Bonchev–Trinajstić information content (AvgIpc) is 2.75. The van der Waals surface area contributed by atoms with E-state index in [1.807, 2.05) is 36.4 Å². The zero-order chi connectivity index (χ0) is 20.5. The van der Waals surface area contributed by atoms with Gasteiger partial charge in [-0.05, 0) is 55.4 Å². The summed E-state index contributed by atoms with van der Waals surface area (Å²) in [6, 6.07) is 18.1. The van der Waals surface area contributed by atoms with E-state index >= 15 is 0 Å². The van der Waals surface area contributed by atoms with Crippen molar-refractivity contribution in [2.45, 2.75) is 51.2 Å². The first-order chi connectivity index (χ1) is 14.2. The zero-order valence-electron chi connectivity index (χ0n) is 16.9. The number of hydrogen-bond donors (Lipinski definition) is 1. The van der Waals surface area contributed by atoms with Gasteiger partial charge >= 0.3 is 6.16 Å². The largest absolute Gasteiger partial charge is 0.508 e. The monoisotopic (exact) mass is 392 g/mol. The van der Waals surface area contributed by atoms with Crippen LogP contribution in [0.15, 0.2) is 48.5 Å². The van der Waals surface area contributed by atoms with Gasteiger partial charge in [-0.2, -0.15) is 5.26 Å². The van der Waals surface area contributed by atoms with Gasteiger partial charge in [0.1, 0.15) is 5.60 Å². The van der Waals surface area contributed by atoms with E-state index in [2.05, 4.69) is 23.5 Å². The molecule has 0 spiro atoms. The summed E-state index contributed by atoms with van der Waals surface area (Å²) < 4.78 is 10.7. The van der Waals surface area contributed by atoms with Gasteiger partial charge in [-0.1, -0.05) is 48.9 Å². The van der Waals surface area contributed by atoms with Gasteiger partial charge in [0.05, 0.1) is 18.2 Å². The maximum absolute atomic E-state index is 11.9. The van der Waals surface area contributed by atoms with Gasteiger partial charge in [0.25, 0.3) is 0 Å².